The standard InChI is InChI=1S/C6HN5.Li/c7-1-4-5(2-8)11-6(3-9)10-4;/h(H,10,11);. The zero-order chi connectivity index (χ0) is 8.27. The topological polar surface area (TPSA) is 100 Å². The van der Waals surface area contributed by atoms with Gasteiger partial charge >= 0.3 is 0 Å². The molecule has 51 valence electrons. The molecule has 6 heteroatoms. The molecule has 0 aliphatic rings. The fourth-order valence-electron chi connectivity index (χ4n) is 0.588. The molecule has 0 unspecified atom stereocenters. The summed E-state index contributed by atoms with van der Waals surface area (Å²) in [5, 5.41) is 25.0. The quantitative estimate of drug-likeness (QED) is 0.510. The molecular formula is C6HLiN5. The van der Waals surface area contributed by atoms with Crippen molar-refractivity contribution in [3.05, 3.63) is 17.2 Å². The fourth-order valence-corrected chi connectivity index (χ4v) is 0.588. The maximum atomic E-state index is 8.38. The maximum absolute atomic E-state index is 8.38. The third-order valence-electron chi connectivity index (χ3n) is 1.03. The van der Waals surface area contributed by atoms with Crippen LogP contribution in [0.5, 0.6) is 0 Å². The average Bonchev–Trinajstić information content (AvgIpc) is 2.46. The molecular weight excluding hydrogens is 149 g/mol. The van der Waals surface area contributed by atoms with Crippen molar-refractivity contribution in [1.29, 1.82) is 15.8 Å². The number of nitrogens with one attached hydrogen (secondary N) is 1. The first-order chi connectivity index (χ1) is 5.31. The maximum Gasteiger partial charge on any atom is 0.212 e. The summed E-state index contributed by atoms with van der Waals surface area (Å²) in [6.45, 7) is 0. The Hall–Kier alpha value is -1.72. The summed E-state index contributed by atoms with van der Waals surface area (Å²) in [6.07, 6.45) is 0. The van der Waals surface area contributed by atoms with E-state index in [-0.39, 0.29) is 36.1 Å². The molecule has 0 aromatic carbocycles. The molecule has 0 aliphatic heterocycles. The number of H-pyrrole nitrogens is 1. The van der Waals surface area contributed by atoms with Crippen LogP contribution in [0.25, 0.3) is 0 Å². The molecule has 12 heavy (non-hydrogen) atoms. The van der Waals surface area contributed by atoms with Crippen LogP contribution in [-0.4, -0.2) is 28.8 Å². The second-order valence-electron chi connectivity index (χ2n) is 1.64. The normalized spacial score (nSPS) is 7.08. The Bertz CT molecular complexity index is 368. The van der Waals surface area contributed by atoms with E-state index in [1.807, 2.05) is 0 Å². The SMILES string of the molecule is N#Cc1nc(C#N)c(C#N)[nH]1.[Li]. The van der Waals surface area contributed by atoms with Crippen molar-refractivity contribution in [2.24, 2.45) is 0 Å². The number of rotatable bonds is 0. The van der Waals surface area contributed by atoms with E-state index in [9.17, 15) is 0 Å². The third-order valence-corrected chi connectivity index (χ3v) is 1.03. The van der Waals surface area contributed by atoms with Crippen LogP contribution < -0.4 is 0 Å². The summed E-state index contributed by atoms with van der Waals surface area (Å²) in [6, 6.07) is 5.08. The van der Waals surface area contributed by atoms with Crippen molar-refractivity contribution in [3.63, 3.8) is 0 Å². The van der Waals surface area contributed by atoms with Gasteiger partial charge in [-0.15, -0.1) is 0 Å². The molecule has 1 rings (SSSR count). The molecule has 5 nitrogen and oxygen atoms in total. The van der Waals surface area contributed by atoms with Crippen molar-refractivity contribution < 1.29 is 0 Å². The minimum Gasteiger partial charge on any atom is -0.320 e. The first-order valence-corrected chi connectivity index (χ1v) is 2.62. The predicted octanol–water partition coefficient (Wildman–Crippen LogP) is -0.356. The monoisotopic (exact) mass is 150 g/mol. The van der Waals surface area contributed by atoms with Crippen molar-refractivity contribution in [2.75, 3.05) is 0 Å². The molecule has 1 radical (unpaired) electrons. The van der Waals surface area contributed by atoms with Gasteiger partial charge in [0.25, 0.3) is 0 Å². The van der Waals surface area contributed by atoms with E-state index in [1.54, 1.807) is 18.2 Å². The van der Waals surface area contributed by atoms with Gasteiger partial charge in [0.1, 0.15) is 18.2 Å². The van der Waals surface area contributed by atoms with Gasteiger partial charge in [0.2, 0.25) is 5.82 Å². The summed E-state index contributed by atoms with van der Waals surface area (Å²) < 4.78 is 0. The number of nitriles is 3. The summed E-state index contributed by atoms with van der Waals surface area (Å²) in [4.78, 5) is 5.89. The van der Waals surface area contributed by atoms with Crippen LogP contribution in [0.2, 0.25) is 0 Å². The van der Waals surface area contributed by atoms with E-state index < -0.39 is 0 Å². The van der Waals surface area contributed by atoms with Crippen LogP contribution in [0, 0.1) is 34.0 Å². The van der Waals surface area contributed by atoms with E-state index >= 15 is 0 Å². The largest absolute Gasteiger partial charge is 0.320 e. The number of aromatic nitrogens is 2. The Morgan fingerprint density at radius 1 is 1.08 bits per heavy atom. The minimum absolute atomic E-state index is 0. The van der Waals surface area contributed by atoms with E-state index in [2.05, 4.69) is 9.97 Å². The van der Waals surface area contributed by atoms with Gasteiger partial charge < -0.3 is 4.98 Å². The summed E-state index contributed by atoms with van der Waals surface area (Å²) in [5.74, 6) is -0.0156. The number of nitrogens with zero attached hydrogens (tertiary/aromatic N) is 4. The van der Waals surface area contributed by atoms with Crippen LogP contribution >= 0.6 is 0 Å². The number of hydrogen-bond donors (Lipinski definition) is 1. The van der Waals surface area contributed by atoms with Gasteiger partial charge in [-0.2, -0.15) is 15.8 Å². The average molecular weight is 150 g/mol. The van der Waals surface area contributed by atoms with Crippen molar-refractivity contribution in [1.82, 2.24) is 9.97 Å². The number of imidazole rings is 1. The Morgan fingerprint density at radius 3 is 2.08 bits per heavy atom. The Kier molecular flexibility index (Phi) is 3.61. The van der Waals surface area contributed by atoms with Crippen LogP contribution in [0.15, 0.2) is 0 Å². The van der Waals surface area contributed by atoms with Gasteiger partial charge in [0.15, 0.2) is 11.4 Å². The molecule has 0 saturated heterocycles. The second kappa shape index (κ2) is 4.22. The minimum atomic E-state index is -0.0379. The van der Waals surface area contributed by atoms with E-state index in [0.717, 1.165) is 0 Å². The van der Waals surface area contributed by atoms with Gasteiger partial charge in [-0.25, -0.2) is 4.98 Å². The molecule has 1 N–H and O–H groups in total. The first-order valence-electron chi connectivity index (χ1n) is 2.62. The van der Waals surface area contributed by atoms with Crippen LogP contribution in [0.1, 0.15) is 17.2 Å². The van der Waals surface area contributed by atoms with Crippen LogP contribution in [0.4, 0.5) is 0 Å². The van der Waals surface area contributed by atoms with Gasteiger partial charge in [-0.05, 0) is 0 Å². The molecule has 0 amide bonds. The zero-order valence-electron chi connectivity index (χ0n) is 6.29. The van der Waals surface area contributed by atoms with E-state index in [0.29, 0.717) is 0 Å². The van der Waals surface area contributed by atoms with E-state index in [4.69, 9.17) is 15.8 Å². The zero-order valence-corrected chi connectivity index (χ0v) is 6.29. The van der Waals surface area contributed by atoms with Crippen LogP contribution in [0.3, 0.4) is 0 Å². The Morgan fingerprint density at radius 2 is 1.75 bits per heavy atom. The van der Waals surface area contributed by atoms with Crippen molar-refractivity contribution >= 4 is 18.9 Å². The summed E-state index contributed by atoms with van der Waals surface area (Å²) in [5.41, 5.74) is -0.00639. The molecule has 0 aliphatic carbocycles. The number of aromatic amines is 1. The summed E-state index contributed by atoms with van der Waals surface area (Å²) in [7, 11) is 0. The van der Waals surface area contributed by atoms with Crippen molar-refractivity contribution in [3.8, 4) is 18.2 Å². The molecule has 0 fully saturated rings. The van der Waals surface area contributed by atoms with Gasteiger partial charge in [0.05, 0.1) is 0 Å². The summed E-state index contributed by atoms with van der Waals surface area (Å²) >= 11 is 0. The smallest absolute Gasteiger partial charge is 0.212 e. The molecule has 0 spiro atoms. The first kappa shape index (κ1) is 10.3. The Balaban J connectivity index is 0.00000121. The van der Waals surface area contributed by atoms with Gasteiger partial charge in [0, 0.05) is 18.9 Å². The Labute approximate surface area is 80.4 Å². The van der Waals surface area contributed by atoms with Crippen molar-refractivity contribution in [2.45, 2.75) is 0 Å². The third kappa shape index (κ3) is 1.65. The predicted molar refractivity (Wildman–Crippen MR) is 38.5 cm³/mol. The number of hydrogen-bond acceptors (Lipinski definition) is 4. The molecule has 1 heterocycles. The fraction of sp³-hybridized carbons (Fsp3) is 0. The van der Waals surface area contributed by atoms with Gasteiger partial charge in [-0.1, -0.05) is 0 Å². The van der Waals surface area contributed by atoms with Crippen LogP contribution in [-0.2, 0) is 0 Å². The molecule has 1 aromatic rings. The van der Waals surface area contributed by atoms with Gasteiger partial charge in [-0.3, -0.25) is 0 Å². The molecule has 0 bridgehead atoms. The molecule has 1 aromatic heterocycles. The molecule has 0 atom stereocenters. The second-order valence-corrected chi connectivity index (χ2v) is 1.64. The van der Waals surface area contributed by atoms with E-state index in [1.165, 1.54) is 0 Å². The molecule has 0 saturated carbocycles.